The number of rotatable bonds is 1. The van der Waals surface area contributed by atoms with Crippen LogP contribution in [0.5, 0.6) is 0 Å². The first-order chi connectivity index (χ1) is 7.27. The normalized spacial score (nSPS) is 35.7. The van der Waals surface area contributed by atoms with Crippen molar-refractivity contribution in [3.63, 3.8) is 0 Å². The summed E-state index contributed by atoms with van der Waals surface area (Å²) in [5.41, 5.74) is -0.0787. The number of hydrogen-bond acceptors (Lipinski definition) is 2. The Balaban J connectivity index is 2.07. The van der Waals surface area contributed by atoms with Crippen molar-refractivity contribution in [2.45, 2.75) is 43.4 Å². The SMILES string of the molecule is N#CC1(C2CCCC(Br)C2)CCOCC1. The molecule has 0 aromatic carbocycles. The number of halogens is 1. The molecule has 2 rings (SSSR count). The molecular formula is C12H18BrNO. The van der Waals surface area contributed by atoms with E-state index in [2.05, 4.69) is 22.0 Å². The Kier molecular flexibility index (Phi) is 3.69. The van der Waals surface area contributed by atoms with Crippen LogP contribution < -0.4 is 0 Å². The summed E-state index contributed by atoms with van der Waals surface area (Å²) < 4.78 is 5.38. The molecule has 0 amide bonds. The van der Waals surface area contributed by atoms with Gasteiger partial charge in [0.05, 0.1) is 11.5 Å². The van der Waals surface area contributed by atoms with E-state index >= 15 is 0 Å². The first-order valence-corrected chi connectivity index (χ1v) is 6.81. The van der Waals surface area contributed by atoms with Gasteiger partial charge in [-0.05, 0) is 38.0 Å². The zero-order valence-electron chi connectivity index (χ0n) is 9.04. The summed E-state index contributed by atoms with van der Waals surface area (Å²) in [6.45, 7) is 1.55. The largest absolute Gasteiger partial charge is 0.381 e. The molecule has 1 aliphatic carbocycles. The maximum atomic E-state index is 9.46. The van der Waals surface area contributed by atoms with E-state index in [1.54, 1.807) is 0 Å². The van der Waals surface area contributed by atoms with Crippen molar-refractivity contribution < 1.29 is 4.74 Å². The van der Waals surface area contributed by atoms with E-state index in [0.29, 0.717) is 10.7 Å². The molecule has 0 radical (unpaired) electrons. The molecule has 1 saturated carbocycles. The van der Waals surface area contributed by atoms with Crippen molar-refractivity contribution in [2.75, 3.05) is 13.2 Å². The molecular weight excluding hydrogens is 254 g/mol. The van der Waals surface area contributed by atoms with Crippen molar-refractivity contribution >= 4 is 15.9 Å². The van der Waals surface area contributed by atoms with Crippen LogP contribution in [0.4, 0.5) is 0 Å². The summed E-state index contributed by atoms with van der Waals surface area (Å²) in [5.74, 6) is 0.588. The summed E-state index contributed by atoms with van der Waals surface area (Å²) in [5, 5.41) is 9.46. The summed E-state index contributed by atoms with van der Waals surface area (Å²) in [4.78, 5) is 0.629. The fourth-order valence-corrected chi connectivity index (χ4v) is 3.75. The average molecular weight is 272 g/mol. The summed E-state index contributed by atoms with van der Waals surface area (Å²) in [7, 11) is 0. The van der Waals surface area contributed by atoms with Gasteiger partial charge in [-0.1, -0.05) is 22.4 Å². The van der Waals surface area contributed by atoms with Crippen LogP contribution in [0.1, 0.15) is 38.5 Å². The molecule has 0 bridgehead atoms. The van der Waals surface area contributed by atoms with E-state index in [-0.39, 0.29) is 5.41 Å². The topological polar surface area (TPSA) is 33.0 Å². The summed E-state index contributed by atoms with van der Waals surface area (Å²) in [6, 6.07) is 2.61. The molecule has 2 fully saturated rings. The third-order valence-corrected chi connectivity index (χ3v) is 4.83. The van der Waals surface area contributed by atoms with Gasteiger partial charge in [-0.25, -0.2) is 0 Å². The van der Waals surface area contributed by atoms with Crippen molar-refractivity contribution in [1.29, 1.82) is 5.26 Å². The van der Waals surface area contributed by atoms with Gasteiger partial charge in [-0.2, -0.15) is 5.26 Å². The number of hydrogen-bond donors (Lipinski definition) is 0. The van der Waals surface area contributed by atoms with Gasteiger partial charge < -0.3 is 4.74 Å². The maximum absolute atomic E-state index is 9.46. The first-order valence-electron chi connectivity index (χ1n) is 5.90. The Morgan fingerprint density at radius 1 is 1.27 bits per heavy atom. The number of nitrogens with zero attached hydrogens (tertiary/aromatic N) is 1. The molecule has 0 spiro atoms. The van der Waals surface area contributed by atoms with Crippen LogP contribution in [-0.4, -0.2) is 18.0 Å². The van der Waals surface area contributed by atoms with Gasteiger partial charge in [-0.3, -0.25) is 0 Å². The van der Waals surface area contributed by atoms with Gasteiger partial charge in [0, 0.05) is 18.0 Å². The smallest absolute Gasteiger partial charge is 0.0694 e. The number of alkyl halides is 1. The summed E-state index contributed by atoms with van der Waals surface area (Å²) in [6.07, 6.45) is 6.82. The van der Waals surface area contributed by atoms with Crippen LogP contribution in [0, 0.1) is 22.7 Å². The second-order valence-electron chi connectivity index (χ2n) is 4.84. The molecule has 15 heavy (non-hydrogen) atoms. The van der Waals surface area contributed by atoms with E-state index in [1.807, 2.05) is 0 Å². The highest BCUT2D eigenvalue weighted by atomic mass is 79.9. The van der Waals surface area contributed by atoms with Crippen LogP contribution in [-0.2, 0) is 4.74 Å². The molecule has 0 aromatic rings. The van der Waals surface area contributed by atoms with Gasteiger partial charge >= 0.3 is 0 Å². The number of nitriles is 1. The minimum absolute atomic E-state index is 0.0787. The lowest BCUT2D eigenvalue weighted by molar-refractivity contribution is 0.00473. The molecule has 3 heteroatoms. The van der Waals surface area contributed by atoms with Crippen molar-refractivity contribution in [1.82, 2.24) is 0 Å². The molecule has 0 N–H and O–H groups in total. The fraction of sp³-hybridized carbons (Fsp3) is 0.917. The van der Waals surface area contributed by atoms with Crippen LogP contribution in [0.25, 0.3) is 0 Å². The maximum Gasteiger partial charge on any atom is 0.0694 e. The van der Waals surface area contributed by atoms with E-state index in [1.165, 1.54) is 25.7 Å². The van der Waals surface area contributed by atoms with Crippen LogP contribution in [0.2, 0.25) is 0 Å². The molecule has 1 saturated heterocycles. The zero-order valence-corrected chi connectivity index (χ0v) is 10.6. The Morgan fingerprint density at radius 3 is 2.60 bits per heavy atom. The highest BCUT2D eigenvalue weighted by Crippen LogP contribution is 2.46. The average Bonchev–Trinajstić information content (AvgIpc) is 2.30. The van der Waals surface area contributed by atoms with Gasteiger partial charge in [0.1, 0.15) is 0 Å². The first kappa shape index (κ1) is 11.4. The highest BCUT2D eigenvalue weighted by Gasteiger charge is 2.42. The zero-order chi connectivity index (χ0) is 10.7. The Bertz CT molecular complexity index is 255. The third kappa shape index (κ3) is 2.37. The second kappa shape index (κ2) is 4.84. The van der Waals surface area contributed by atoms with Crippen LogP contribution in [0.3, 0.4) is 0 Å². The van der Waals surface area contributed by atoms with Gasteiger partial charge in [0.25, 0.3) is 0 Å². The Hall–Kier alpha value is -0.0700. The Morgan fingerprint density at radius 2 is 2.00 bits per heavy atom. The fourth-order valence-electron chi connectivity index (χ4n) is 2.98. The van der Waals surface area contributed by atoms with Gasteiger partial charge in [0.15, 0.2) is 0 Å². The quantitative estimate of drug-likeness (QED) is 0.686. The monoisotopic (exact) mass is 271 g/mol. The van der Waals surface area contributed by atoms with Crippen LogP contribution in [0.15, 0.2) is 0 Å². The van der Waals surface area contributed by atoms with Crippen molar-refractivity contribution in [2.24, 2.45) is 11.3 Å². The molecule has 2 aliphatic rings. The van der Waals surface area contributed by atoms with E-state index in [9.17, 15) is 5.26 Å². The Labute approximate surface area is 100 Å². The number of ether oxygens (including phenoxy) is 1. The predicted octanol–water partition coefficient (Wildman–Crippen LogP) is 3.26. The predicted molar refractivity (Wildman–Crippen MR) is 62.8 cm³/mol. The van der Waals surface area contributed by atoms with Gasteiger partial charge in [0.2, 0.25) is 0 Å². The minimum atomic E-state index is -0.0787. The van der Waals surface area contributed by atoms with Crippen molar-refractivity contribution in [3.8, 4) is 6.07 Å². The molecule has 0 aromatic heterocycles. The summed E-state index contributed by atoms with van der Waals surface area (Å²) >= 11 is 3.71. The van der Waals surface area contributed by atoms with Crippen LogP contribution >= 0.6 is 15.9 Å². The molecule has 84 valence electrons. The molecule has 2 nitrogen and oxygen atoms in total. The lowest BCUT2D eigenvalue weighted by Crippen LogP contribution is -2.38. The lowest BCUT2D eigenvalue weighted by Gasteiger charge is -2.41. The molecule has 2 unspecified atom stereocenters. The molecule has 2 atom stereocenters. The van der Waals surface area contributed by atoms with Gasteiger partial charge in [-0.15, -0.1) is 0 Å². The molecule has 1 aliphatic heterocycles. The lowest BCUT2D eigenvalue weighted by atomic mass is 9.65. The van der Waals surface area contributed by atoms with E-state index in [0.717, 1.165) is 26.1 Å². The third-order valence-electron chi connectivity index (χ3n) is 4.00. The van der Waals surface area contributed by atoms with E-state index in [4.69, 9.17) is 4.74 Å². The minimum Gasteiger partial charge on any atom is -0.381 e. The molecule has 1 heterocycles. The standard InChI is InChI=1S/C12H18BrNO/c13-11-3-1-2-10(8-11)12(9-14)4-6-15-7-5-12/h10-11H,1-8H2. The highest BCUT2D eigenvalue weighted by molar-refractivity contribution is 9.09. The second-order valence-corrected chi connectivity index (χ2v) is 6.14. The van der Waals surface area contributed by atoms with E-state index < -0.39 is 0 Å². The van der Waals surface area contributed by atoms with Crippen molar-refractivity contribution in [3.05, 3.63) is 0 Å².